The molecule has 4 nitrogen and oxygen atoms in total. The van der Waals surface area contributed by atoms with Crippen molar-refractivity contribution in [3.05, 3.63) is 16.3 Å². The summed E-state index contributed by atoms with van der Waals surface area (Å²) in [7, 11) is -3.41. The van der Waals surface area contributed by atoms with E-state index in [1.54, 1.807) is 11.4 Å². The molecule has 2 rings (SSSR count). The molecule has 0 saturated carbocycles. The van der Waals surface area contributed by atoms with Gasteiger partial charge in [-0.1, -0.05) is 0 Å². The Morgan fingerprint density at radius 1 is 1.41 bits per heavy atom. The number of halogens is 1. The zero-order valence-electron chi connectivity index (χ0n) is 9.26. The van der Waals surface area contributed by atoms with Crippen LogP contribution < -0.4 is 0 Å². The van der Waals surface area contributed by atoms with Gasteiger partial charge in [-0.2, -0.15) is 4.31 Å². The lowest BCUT2D eigenvalue weighted by molar-refractivity contribution is 0.148. The molecule has 1 aliphatic rings. The van der Waals surface area contributed by atoms with Crippen LogP contribution in [0.25, 0.3) is 0 Å². The summed E-state index contributed by atoms with van der Waals surface area (Å²) in [6.45, 7) is 2.01. The molecule has 0 aromatic carbocycles. The van der Waals surface area contributed by atoms with E-state index in [-0.39, 0.29) is 5.88 Å². The second kappa shape index (κ2) is 5.67. The highest BCUT2D eigenvalue weighted by atomic mass is 35.5. The molecule has 1 fully saturated rings. The molecular weight excluding hydrogens is 282 g/mol. The van der Waals surface area contributed by atoms with Gasteiger partial charge in [0, 0.05) is 24.6 Å². The standard InChI is InChI=1S/C10H14ClNO3S2/c11-8-9-10(2-7-16-9)17(13,14)12-3-1-5-15-6-4-12/h2,7H,1,3-6,8H2. The molecular formula is C10H14ClNO3S2. The molecule has 17 heavy (non-hydrogen) atoms. The lowest BCUT2D eigenvalue weighted by Crippen LogP contribution is -2.33. The second-order valence-corrected chi connectivity index (χ2v) is 6.89. The molecule has 0 N–H and O–H groups in total. The number of ether oxygens (including phenoxy) is 1. The first-order chi connectivity index (χ1) is 8.16. The molecule has 1 aliphatic heterocycles. The summed E-state index contributed by atoms with van der Waals surface area (Å²) in [5.41, 5.74) is 0. The number of alkyl halides is 1. The Labute approximate surface area is 110 Å². The van der Waals surface area contributed by atoms with E-state index in [1.165, 1.54) is 15.6 Å². The molecule has 0 atom stereocenters. The first-order valence-electron chi connectivity index (χ1n) is 5.36. The molecule has 7 heteroatoms. The third kappa shape index (κ3) is 2.82. The molecule has 0 spiro atoms. The summed E-state index contributed by atoms with van der Waals surface area (Å²) in [5, 5.41) is 1.76. The van der Waals surface area contributed by atoms with Gasteiger partial charge in [0.2, 0.25) is 10.0 Å². The van der Waals surface area contributed by atoms with E-state index < -0.39 is 10.0 Å². The van der Waals surface area contributed by atoms with Gasteiger partial charge in [-0.05, 0) is 17.9 Å². The number of thiophene rings is 1. The van der Waals surface area contributed by atoms with Gasteiger partial charge in [-0.3, -0.25) is 0 Å². The Bertz CT molecular complexity index is 464. The van der Waals surface area contributed by atoms with Crippen molar-refractivity contribution in [3.63, 3.8) is 0 Å². The summed E-state index contributed by atoms with van der Waals surface area (Å²) in [4.78, 5) is 1.05. The van der Waals surface area contributed by atoms with Crippen LogP contribution in [0.5, 0.6) is 0 Å². The van der Waals surface area contributed by atoms with E-state index in [0.29, 0.717) is 36.1 Å². The van der Waals surface area contributed by atoms with Gasteiger partial charge in [0.1, 0.15) is 0 Å². The zero-order valence-corrected chi connectivity index (χ0v) is 11.7. The summed E-state index contributed by atoms with van der Waals surface area (Å²) in [5.74, 6) is 0.233. The largest absolute Gasteiger partial charge is 0.380 e. The molecule has 0 radical (unpaired) electrons. The lowest BCUT2D eigenvalue weighted by atomic mass is 10.5. The number of hydrogen-bond acceptors (Lipinski definition) is 4. The Kier molecular flexibility index (Phi) is 4.43. The minimum absolute atomic E-state index is 0.233. The van der Waals surface area contributed by atoms with Gasteiger partial charge >= 0.3 is 0 Å². The van der Waals surface area contributed by atoms with Crippen molar-refractivity contribution in [3.8, 4) is 0 Å². The average Bonchev–Trinajstić information content (AvgIpc) is 2.63. The fourth-order valence-corrected chi connectivity index (χ4v) is 4.90. The first-order valence-corrected chi connectivity index (χ1v) is 8.22. The molecule has 0 aliphatic carbocycles. The van der Waals surface area contributed by atoms with Crippen LogP contribution in [0.1, 0.15) is 11.3 Å². The van der Waals surface area contributed by atoms with Crippen LogP contribution >= 0.6 is 22.9 Å². The maximum atomic E-state index is 12.4. The van der Waals surface area contributed by atoms with Crippen molar-refractivity contribution in [2.24, 2.45) is 0 Å². The smallest absolute Gasteiger partial charge is 0.244 e. The van der Waals surface area contributed by atoms with E-state index in [0.717, 1.165) is 6.42 Å². The van der Waals surface area contributed by atoms with Crippen molar-refractivity contribution >= 4 is 33.0 Å². The molecule has 2 heterocycles. The highest BCUT2D eigenvalue weighted by molar-refractivity contribution is 7.89. The normalized spacial score (nSPS) is 19.1. The highest BCUT2D eigenvalue weighted by Gasteiger charge is 2.27. The SMILES string of the molecule is O=S(=O)(c1ccsc1CCl)N1CCCOCC1. The third-order valence-corrected chi connectivity index (χ3v) is 6.08. The minimum Gasteiger partial charge on any atom is -0.380 e. The first kappa shape index (κ1) is 13.3. The van der Waals surface area contributed by atoms with E-state index in [9.17, 15) is 8.42 Å². The van der Waals surface area contributed by atoms with Crippen LogP contribution in [-0.4, -0.2) is 39.0 Å². The van der Waals surface area contributed by atoms with E-state index in [4.69, 9.17) is 16.3 Å². The summed E-state index contributed by atoms with van der Waals surface area (Å²) in [6.07, 6.45) is 0.736. The Balaban J connectivity index is 2.28. The van der Waals surface area contributed by atoms with E-state index >= 15 is 0 Å². The topological polar surface area (TPSA) is 46.6 Å². The van der Waals surface area contributed by atoms with Gasteiger partial charge in [0.25, 0.3) is 0 Å². The Morgan fingerprint density at radius 2 is 2.24 bits per heavy atom. The van der Waals surface area contributed by atoms with Crippen molar-refractivity contribution in [2.45, 2.75) is 17.2 Å². The predicted octanol–water partition coefficient (Wildman–Crippen LogP) is 1.90. The van der Waals surface area contributed by atoms with Gasteiger partial charge in [0.15, 0.2) is 0 Å². The second-order valence-electron chi connectivity index (χ2n) is 3.71. The van der Waals surface area contributed by atoms with Crippen molar-refractivity contribution in [1.82, 2.24) is 4.31 Å². The van der Waals surface area contributed by atoms with E-state index in [2.05, 4.69) is 0 Å². The Morgan fingerprint density at radius 3 is 3.00 bits per heavy atom. The molecule has 0 bridgehead atoms. The third-order valence-electron chi connectivity index (χ3n) is 2.62. The van der Waals surface area contributed by atoms with Gasteiger partial charge in [-0.25, -0.2) is 8.42 Å². The van der Waals surface area contributed by atoms with Gasteiger partial charge in [0.05, 0.1) is 17.4 Å². The quantitative estimate of drug-likeness (QED) is 0.800. The van der Waals surface area contributed by atoms with Gasteiger partial charge < -0.3 is 4.74 Å². The van der Waals surface area contributed by atoms with Crippen LogP contribution in [0.15, 0.2) is 16.3 Å². The average molecular weight is 296 g/mol. The minimum atomic E-state index is -3.41. The number of rotatable bonds is 3. The maximum Gasteiger partial charge on any atom is 0.244 e. The molecule has 1 aromatic rings. The predicted molar refractivity (Wildman–Crippen MR) is 68.1 cm³/mol. The van der Waals surface area contributed by atoms with Crippen LogP contribution in [0.3, 0.4) is 0 Å². The van der Waals surface area contributed by atoms with Crippen LogP contribution in [0, 0.1) is 0 Å². The van der Waals surface area contributed by atoms with Gasteiger partial charge in [-0.15, -0.1) is 22.9 Å². The molecule has 1 aromatic heterocycles. The van der Waals surface area contributed by atoms with Crippen molar-refractivity contribution in [1.29, 1.82) is 0 Å². The Hall–Kier alpha value is -0.140. The van der Waals surface area contributed by atoms with E-state index in [1.807, 2.05) is 0 Å². The summed E-state index contributed by atoms with van der Waals surface area (Å²) in [6, 6.07) is 1.63. The fraction of sp³-hybridized carbons (Fsp3) is 0.600. The van der Waals surface area contributed by atoms with Crippen molar-refractivity contribution in [2.75, 3.05) is 26.3 Å². The van der Waals surface area contributed by atoms with Crippen molar-refractivity contribution < 1.29 is 13.2 Å². The lowest BCUT2D eigenvalue weighted by Gasteiger charge is -2.19. The highest BCUT2D eigenvalue weighted by Crippen LogP contribution is 2.27. The summed E-state index contributed by atoms with van der Waals surface area (Å²) >= 11 is 7.13. The zero-order chi connectivity index (χ0) is 12.3. The molecule has 96 valence electrons. The van der Waals surface area contributed by atoms with Crippen LogP contribution in [0.4, 0.5) is 0 Å². The fourth-order valence-electron chi connectivity index (χ4n) is 1.76. The molecule has 0 amide bonds. The maximum absolute atomic E-state index is 12.4. The van der Waals surface area contributed by atoms with Crippen LogP contribution in [-0.2, 0) is 20.6 Å². The number of nitrogens with zero attached hydrogens (tertiary/aromatic N) is 1. The molecule has 0 unspecified atom stereocenters. The number of sulfonamides is 1. The number of hydrogen-bond donors (Lipinski definition) is 0. The monoisotopic (exact) mass is 295 g/mol. The molecule has 1 saturated heterocycles. The summed E-state index contributed by atoms with van der Waals surface area (Å²) < 4.78 is 31.5. The van der Waals surface area contributed by atoms with Crippen LogP contribution in [0.2, 0.25) is 0 Å².